The summed E-state index contributed by atoms with van der Waals surface area (Å²) >= 11 is 0. The van der Waals surface area contributed by atoms with Crippen LogP contribution >= 0.6 is 0 Å². The molecule has 1 fully saturated rings. The third-order valence-electron chi connectivity index (χ3n) is 6.16. The number of likely N-dealkylation sites (tertiary alicyclic amines) is 1. The molecule has 1 N–H and O–H groups in total. The Morgan fingerprint density at radius 1 is 1.23 bits per heavy atom. The van der Waals surface area contributed by atoms with E-state index in [1.54, 1.807) is 12.1 Å². The van der Waals surface area contributed by atoms with Crippen LogP contribution < -0.4 is 0 Å². The predicted octanol–water partition coefficient (Wildman–Crippen LogP) is 2.06. The van der Waals surface area contributed by atoms with Gasteiger partial charge in [-0.1, -0.05) is 12.1 Å². The third kappa shape index (κ3) is 4.38. The van der Waals surface area contributed by atoms with Gasteiger partial charge in [-0.3, -0.25) is 14.3 Å². The minimum Gasteiger partial charge on any atom is -0.481 e. The van der Waals surface area contributed by atoms with Gasteiger partial charge >= 0.3 is 5.97 Å². The maximum absolute atomic E-state index is 13.2. The quantitative estimate of drug-likeness (QED) is 0.783. The van der Waals surface area contributed by atoms with Crippen LogP contribution in [-0.2, 0) is 29.1 Å². The molecule has 1 aromatic heterocycles. The van der Waals surface area contributed by atoms with E-state index in [-0.39, 0.29) is 24.1 Å². The second-order valence-electron chi connectivity index (χ2n) is 8.23. The van der Waals surface area contributed by atoms with Gasteiger partial charge in [-0.05, 0) is 49.6 Å². The van der Waals surface area contributed by atoms with Crippen LogP contribution in [0.15, 0.2) is 24.3 Å². The number of fused-ring (bicyclic) bond motifs is 1. The van der Waals surface area contributed by atoms with Gasteiger partial charge in [0.05, 0.1) is 36.8 Å². The molecule has 1 amide bonds. The summed E-state index contributed by atoms with van der Waals surface area (Å²) in [7, 11) is 0. The lowest BCUT2D eigenvalue weighted by Crippen LogP contribution is -2.41. The van der Waals surface area contributed by atoms with E-state index in [1.807, 2.05) is 16.5 Å². The molecule has 2 aliphatic heterocycles. The monoisotopic (exact) mass is 414 g/mol. The van der Waals surface area contributed by atoms with Gasteiger partial charge < -0.3 is 14.9 Å². The topological polar surface area (TPSA) is 78.7 Å². The van der Waals surface area contributed by atoms with Gasteiger partial charge in [0.25, 0.3) is 0 Å². The highest BCUT2D eigenvalue weighted by molar-refractivity contribution is 5.79. The third-order valence-corrected chi connectivity index (χ3v) is 6.16. The summed E-state index contributed by atoms with van der Waals surface area (Å²) in [6.07, 6.45) is 1.66. The zero-order valence-corrected chi connectivity index (χ0v) is 17.2. The first kappa shape index (κ1) is 20.5. The number of aliphatic carboxylic acids is 1. The van der Waals surface area contributed by atoms with Crippen molar-refractivity contribution >= 4 is 11.9 Å². The van der Waals surface area contributed by atoms with Crippen LogP contribution in [0.2, 0.25) is 0 Å². The number of amides is 1. The van der Waals surface area contributed by atoms with E-state index in [2.05, 4.69) is 10.00 Å². The number of aromatic nitrogens is 2. The highest BCUT2D eigenvalue weighted by atomic mass is 19.1. The number of carbonyl (C=O) groups excluding carboxylic acids is 1. The zero-order chi connectivity index (χ0) is 21.3. The number of carboxylic acids is 1. The Morgan fingerprint density at radius 2 is 2.00 bits per heavy atom. The van der Waals surface area contributed by atoms with Gasteiger partial charge in [0.2, 0.25) is 5.91 Å². The van der Waals surface area contributed by atoms with Crippen molar-refractivity contribution in [1.29, 1.82) is 0 Å². The van der Waals surface area contributed by atoms with Crippen LogP contribution in [0.1, 0.15) is 35.4 Å². The number of hydrogen-bond donors (Lipinski definition) is 1. The van der Waals surface area contributed by atoms with Crippen molar-refractivity contribution in [1.82, 2.24) is 19.6 Å². The number of hydrogen-bond acceptors (Lipinski definition) is 4. The largest absolute Gasteiger partial charge is 0.481 e. The Hall–Kier alpha value is -2.74. The molecule has 4 rings (SSSR count). The lowest BCUT2D eigenvalue weighted by atomic mass is 10.0. The molecule has 8 heteroatoms. The Kier molecular flexibility index (Phi) is 5.85. The van der Waals surface area contributed by atoms with E-state index >= 15 is 0 Å². The van der Waals surface area contributed by atoms with Crippen LogP contribution in [0, 0.1) is 18.7 Å². The fourth-order valence-electron chi connectivity index (χ4n) is 4.51. The number of carboxylic acid groups (broad SMARTS) is 1. The van der Waals surface area contributed by atoms with Crippen LogP contribution in [0.5, 0.6) is 0 Å². The smallest absolute Gasteiger partial charge is 0.304 e. The highest BCUT2D eigenvalue weighted by Gasteiger charge is 2.34. The van der Waals surface area contributed by atoms with Crippen LogP contribution in [0.25, 0.3) is 0 Å². The molecular weight excluding hydrogens is 387 g/mol. The van der Waals surface area contributed by atoms with E-state index in [9.17, 15) is 14.0 Å². The van der Waals surface area contributed by atoms with E-state index in [1.165, 1.54) is 17.7 Å². The first-order valence-corrected chi connectivity index (χ1v) is 10.4. The molecule has 0 spiro atoms. The number of aryl methyl sites for hydroxylation is 1. The SMILES string of the molecule is Cc1nn(Cc2ccc(F)cc2)c2c1CCN(C(=O)C1CCN(CCC(=O)O)C1)C2. The molecular formula is C22H27FN4O3. The molecule has 1 saturated heterocycles. The predicted molar refractivity (Wildman–Crippen MR) is 108 cm³/mol. The van der Waals surface area contributed by atoms with Gasteiger partial charge in [0.15, 0.2) is 0 Å². The molecule has 1 atom stereocenters. The highest BCUT2D eigenvalue weighted by Crippen LogP contribution is 2.26. The van der Waals surface area contributed by atoms with Crippen LogP contribution in [0.3, 0.4) is 0 Å². The van der Waals surface area contributed by atoms with Crippen molar-refractivity contribution in [2.24, 2.45) is 5.92 Å². The Morgan fingerprint density at radius 3 is 2.73 bits per heavy atom. The normalized spacial score (nSPS) is 19.1. The summed E-state index contributed by atoms with van der Waals surface area (Å²) in [4.78, 5) is 27.9. The minimum absolute atomic E-state index is 0.0742. The molecule has 3 heterocycles. The molecule has 160 valence electrons. The summed E-state index contributed by atoms with van der Waals surface area (Å²) in [5, 5.41) is 13.5. The maximum atomic E-state index is 13.2. The summed E-state index contributed by atoms with van der Waals surface area (Å²) < 4.78 is 15.1. The molecule has 0 bridgehead atoms. The number of benzene rings is 1. The van der Waals surface area contributed by atoms with Crippen molar-refractivity contribution in [2.75, 3.05) is 26.2 Å². The molecule has 2 aromatic rings. The molecule has 7 nitrogen and oxygen atoms in total. The fourth-order valence-corrected chi connectivity index (χ4v) is 4.51. The first-order chi connectivity index (χ1) is 14.4. The maximum Gasteiger partial charge on any atom is 0.304 e. The molecule has 2 aliphatic rings. The summed E-state index contributed by atoms with van der Waals surface area (Å²) in [6.45, 7) is 5.64. The van der Waals surface area contributed by atoms with Gasteiger partial charge in [-0.25, -0.2) is 4.39 Å². The van der Waals surface area contributed by atoms with Crippen molar-refractivity contribution in [2.45, 2.75) is 39.3 Å². The molecule has 0 radical (unpaired) electrons. The molecule has 0 saturated carbocycles. The van der Waals surface area contributed by atoms with Crippen molar-refractivity contribution in [3.8, 4) is 0 Å². The summed E-state index contributed by atoms with van der Waals surface area (Å²) in [6, 6.07) is 6.41. The van der Waals surface area contributed by atoms with Gasteiger partial charge in [-0.2, -0.15) is 5.10 Å². The van der Waals surface area contributed by atoms with Crippen molar-refractivity contribution in [3.63, 3.8) is 0 Å². The van der Waals surface area contributed by atoms with Crippen LogP contribution in [0.4, 0.5) is 4.39 Å². The zero-order valence-electron chi connectivity index (χ0n) is 17.2. The fraction of sp³-hybridized carbons (Fsp3) is 0.500. The van der Waals surface area contributed by atoms with Crippen molar-refractivity contribution < 1.29 is 19.1 Å². The molecule has 1 unspecified atom stereocenters. The lowest BCUT2D eigenvalue weighted by Gasteiger charge is -2.30. The minimum atomic E-state index is -0.807. The number of halogens is 1. The Balaban J connectivity index is 1.43. The standard InChI is InChI=1S/C22H27FN4O3/c1-15-19-7-11-26(22(30)17-6-9-25(13-17)10-8-21(28)29)14-20(19)27(24-15)12-16-2-4-18(23)5-3-16/h2-5,17H,6-14H2,1H3,(H,28,29). The van der Waals surface area contributed by atoms with Crippen molar-refractivity contribution in [3.05, 3.63) is 52.6 Å². The Bertz CT molecular complexity index is 941. The second-order valence-corrected chi connectivity index (χ2v) is 8.23. The number of carbonyl (C=O) groups is 2. The summed E-state index contributed by atoms with van der Waals surface area (Å²) in [5.74, 6) is -0.998. The van der Waals surface area contributed by atoms with Crippen LogP contribution in [-0.4, -0.2) is 62.7 Å². The Labute approximate surface area is 175 Å². The van der Waals surface area contributed by atoms with Gasteiger partial charge in [-0.15, -0.1) is 0 Å². The first-order valence-electron chi connectivity index (χ1n) is 10.4. The van der Waals surface area contributed by atoms with Gasteiger partial charge in [0.1, 0.15) is 5.82 Å². The second kappa shape index (κ2) is 8.55. The van der Waals surface area contributed by atoms with E-state index < -0.39 is 5.97 Å². The van der Waals surface area contributed by atoms with E-state index in [0.29, 0.717) is 32.7 Å². The number of rotatable bonds is 6. The van der Waals surface area contributed by atoms with E-state index in [0.717, 1.165) is 36.3 Å². The molecule has 30 heavy (non-hydrogen) atoms. The average Bonchev–Trinajstić information content (AvgIpc) is 3.32. The number of nitrogens with zero attached hydrogens (tertiary/aromatic N) is 4. The molecule has 1 aromatic carbocycles. The summed E-state index contributed by atoms with van der Waals surface area (Å²) in [5.41, 5.74) is 4.21. The molecule has 0 aliphatic carbocycles. The lowest BCUT2D eigenvalue weighted by molar-refractivity contribution is -0.137. The van der Waals surface area contributed by atoms with E-state index in [4.69, 9.17) is 5.11 Å². The average molecular weight is 414 g/mol. The van der Waals surface area contributed by atoms with Gasteiger partial charge in [0, 0.05) is 19.6 Å².